The van der Waals surface area contributed by atoms with E-state index in [0.717, 1.165) is 19.6 Å². The van der Waals surface area contributed by atoms with E-state index < -0.39 is 0 Å². The van der Waals surface area contributed by atoms with Crippen LogP contribution in [0.25, 0.3) is 0 Å². The highest BCUT2D eigenvalue weighted by atomic mass is 15.2. The van der Waals surface area contributed by atoms with Gasteiger partial charge in [-0.05, 0) is 37.8 Å². The molecule has 1 aromatic heterocycles. The third-order valence-electron chi connectivity index (χ3n) is 3.99. The lowest BCUT2D eigenvalue weighted by molar-refractivity contribution is 0.291. The van der Waals surface area contributed by atoms with Gasteiger partial charge in [-0.3, -0.25) is 0 Å². The molecule has 3 nitrogen and oxygen atoms in total. The number of pyridine rings is 1. The minimum atomic E-state index is 0.360. The van der Waals surface area contributed by atoms with E-state index >= 15 is 0 Å². The first kappa shape index (κ1) is 14.3. The summed E-state index contributed by atoms with van der Waals surface area (Å²) in [6, 6.07) is 4.61. The Kier molecular flexibility index (Phi) is 4.46. The van der Waals surface area contributed by atoms with E-state index in [4.69, 9.17) is 0 Å². The van der Waals surface area contributed by atoms with Crippen molar-refractivity contribution in [3.05, 3.63) is 23.9 Å². The molecule has 19 heavy (non-hydrogen) atoms. The SMILES string of the molecule is CCNC(C)c1cccnc1N1CCCC(C)(C)C1. The van der Waals surface area contributed by atoms with Gasteiger partial charge in [-0.15, -0.1) is 0 Å². The van der Waals surface area contributed by atoms with Crippen LogP contribution in [0.15, 0.2) is 18.3 Å². The summed E-state index contributed by atoms with van der Waals surface area (Å²) in [5.74, 6) is 1.17. The number of nitrogens with zero attached hydrogens (tertiary/aromatic N) is 2. The Morgan fingerprint density at radius 2 is 2.26 bits per heavy atom. The van der Waals surface area contributed by atoms with Crippen molar-refractivity contribution in [1.29, 1.82) is 0 Å². The van der Waals surface area contributed by atoms with Crippen LogP contribution >= 0.6 is 0 Å². The fourth-order valence-corrected chi connectivity index (χ4v) is 3.03. The van der Waals surface area contributed by atoms with Gasteiger partial charge in [0.15, 0.2) is 0 Å². The maximum Gasteiger partial charge on any atom is 0.133 e. The van der Waals surface area contributed by atoms with Crippen LogP contribution in [-0.4, -0.2) is 24.6 Å². The summed E-state index contributed by atoms with van der Waals surface area (Å²) >= 11 is 0. The lowest BCUT2D eigenvalue weighted by atomic mass is 9.84. The van der Waals surface area contributed by atoms with Crippen LogP contribution in [0, 0.1) is 5.41 Å². The molecule has 0 amide bonds. The Labute approximate surface area is 117 Å². The molecule has 3 heteroatoms. The van der Waals surface area contributed by atoms with Crippen molar-refractivity contribution in [1.82, 2.24) is 10.3 Å². The summed E-state index contributed by atoms with van der Waals surface area (Å²) < 4.78 is 0. The highest BCUT2D eigenvalue weighted by molar-refractivity contribution is 5.49. The van der Waals surface area contributed by atoms with E-state index in [1.165, 1.54) is 24.2 Å². The van der Waals surface area contributed by atoms with Crippen LogP contribution in [0.4, 0.5) is 5.82 Å². The minimum absolute atomic E-state index is 0.360. The van der Waals surface area contributed by atoms with Crippen LogP contribution in [-0.2, 0) is 0 Å². The van der Waals surface area contributed by atoms with Gasteiger partial charge >= 0.3 is 0 Å². The number of nitrogens with one attached hydrogen (secondary N) is 1. The fourth-order valence-electron chi connectivity index (χ4n) is 3.03. The molecule has 1 fully saturated rings. The summed E-state index contributed by atoms with van der Waals surface area (Å²) in [7, 11) is 0. The number of hydrogen-bond donors (Lipinski definition) is 1. The summed E-state index contributed by atoms with van der Waals surface area (Å²) in [6.07, 6.45) is 4.49. The van der Waals surface area contributed by atoms with Gasteiger partial charge in [-0.1, -0.05) is 26.8 Å². The van der Waals surface area contributed by atoms with Crippen molar-refractivity contribution in [2.45, 2.75) is 46.6 Å². The number of piperidine rings is 1. The molecule has 1 aliphatic rings. The second kappa shape index (κ2) is 5.91. The normalized spacial score (nSPS) is 20.3. The Morgan fingerprint density at radius 1 is 1.47 bits per heavy atom. The van der Waals surface area contributed by atoms with Crippen molar-refractivity contribution in [3.63, 3.8) is 0 Å². The van der Waals surface area contributed by atoms with E-state index in [2.05, 4.69) is 49.0 Å². The Bertz CT molecular complexity index is 414. The average Bonchev–Trinajstić information content (AvgIpc) is 2.38. The monoisotopic (exact) mass is 261 g/mol. The Morgan fingerprint density at radius 3 is 2.95 bits per heavy atom. The molecule has 1 aromatic rings. The molecule has 1 atom stereocenters. The van der Waals surface area contributed by atoms with Crippen molar-refractivity contribution in [2.24, 2.45) is 5.41 Å². The van der Waals surface area contributed by atoms with Gasteiger partial charge in [-0.25, -0.2) is 4.98 Å². The molecule has 0 radical (unpaired) electrons. The van der Waals surface area contributed by atoms with Crippen LogP contribution in [0.1, 0.15) is 52.1 Å². The predicted octanol–water partition coefficient (Wildman–Crippen LogP) is 3.38. The van der Waals surface area contributed by atoms with Crippen molar-refractivity contribution in [2.75, 3.05) is 24.5 Å². The molecule has 0 aromatic carbocycles. The minimum Gasteiger partial charge on any atom is -0.356 e. The first-order valence-electron chi connectivity index (χ1n) is 7.47. The highest BCUT2D eigenvalue weighted by Gasteiger charge is 2.28. The molecule has 106 valence electrons. The van der Waals surface area contributed by atoms with Gasteiger partial charge in [0, 0.05) is 30.9 Å². The topological polar surface area (TPSA) is 28.2 Å². The molecule has 0 spiro atoms. The standard InChI is InChI=1S/C16H27N3/c1-5-17-13(2)14-8-6-10-18-15(14)19-11-7-9-16(3,4)12-19/h6,8,10,13,17H,5,7,9,11-12H2,1-4H3. The molecular weight excluding hydrogens is 234 g/mol. The molecule has 2 heterocycles. The summed E-state index contributed by atoms with van der Waals surface area (Å²) in [4.78, 5) is 7.12. The predicted molar refractivity (Wildman–Crippen MR) is 81.6 cm³/mol. The van der Waals surface area contributed by atoms with E-state index in [1.54, 1.807) is 0 Å². The largest absolute Gasteiger partial charge is 0.356 e. The first-order valence-corrected chi connectivity index (χ1v) is 7.47. The summed E-state index contributed by atoms with van der Waals surface area (Å²) in [5.41, 5.74) is 1.72. The van der Waals surface area contributed by atoms with Crippen LogP contribution in [0.2, 0.25) is 0 Å². The zero-order valence-corrected chi connectivity index (χ0v) is 12.7. The van der Waals surface area contributed by atoms with Crippen LogP contribution < -0.4 is 10.2 Å². The third-order valence-corrected chi connectivity index (χ3v) is 3.99. The Hall–Kier alpha value is -1.09. The van der Waals surface area contributed by atoms with Crippen molar-refractivity contribution in [3.8, 4) is 0 Å². The molecule has 2 rings (SSSR count). The second-order valence-corrected chi connectivity index (χ2v) is 6.38. The maximum atomic E-state index is 4.66. The van der Waals surface area contributed by atoms with Crippen LogP contribution in [0.3, 0.4) is 0 Å². The van der Waals surface area contributed by atoms with Crippen molar-refractivity contribution < 1.29 is 0 Å². The zero-order valence-electron chi connectivity index (χ0n) is 12.7. The third kappa shape index (κ3) is 3.47. The number of aromatic nitrogens is 1. The molecular formula is C16H27N3. The molecule has 0 saturated carbocycles. The fraction of sp³-hybridized carbons (Fsp3) is 0.688. The van der Waals surface area contributed by atoms with Gasteiger partial charge in [0.05, 0.1) is 0 Å². The van der Waals surface area contributed by atoms with Gasteiger partial charge in [-0.2, -0.15) is 0 Å². The number of hydrogen-bond acceptors (Lipinski definition) is 3. The van der Waals surface area contributed by atoms with Gasteiger partial charge in [0.1, 0.15) is 5.82 Å². The summed E-state index contributed by atoms with van der Waals surface area (Å²) in [5, 5.41) is 3.50. The highest BCUT2D eigenvalue weighted by Crippen LogP contribution is 2.33. The second-order valence-electron chi connectivity index (χ2n) is 6.38. The van der Waals surface area contributed by atoms with Gasteiger partial charge in [0.2, 0.25) is 0 Å². The molecule has 1 aliphatic heterocycles. The molecule has 0 aliphatic carbocycles. The average molecular weight is 261 g/mol. The van der Waals surface area contributed by atoms with E-state index in [9.17, 15) is 0 Å². The lowest BCUT2D eigenvalue weighted by Crippen LogP contribution is -2.41. The van der Waals surface area contributed by atoms with Gasteiger partial charge in [0.25, 0.3) is 0 Å². The molecule has 0 bridgehead atoms. The molecule has 1 unspecified atom stereocenters. The lowest BCUT2D eigenvalue weighted by Gasteiger charge is -2.39. The van der Waals surface area contributed by atoms with E-state index in [-0.39, 0.29) is 0 Å². The first-order chi connectivity index (χ1) is 9.03. The smallest absolute Gasteiger partial charge is 0.133 e. The van der Waals surface area contributed by atoms with E-state index in [0.29, 0.717) is 11.5 Å². The molecule has 1 N–H and O–H groups in total. The number of anilines is 1. The quantitative estimate of drug-likeness (QED) is 0.900. The van der Waals surface area contributed by atoms with Crippen molar-refractivity contribution >= 4 is 5.82 Å². The van der Waals surface area contributed by atoms with E-state index in [1.807, 2.05) is 12.3 Å². The summed E-state index contributed by atoms with van der Waals surface area (Å²) in [6.45, 7) is 12.3. The number of rotatable bonds is 4. The Balaban J connectivity index is 2.24. The maximum absolute atomic E-state index is 4.66. The zero-order chi connectivity index (χ0) is 13.9. The molecule has 1 saturated heterocycles. The van der Waals surface area contributed by atoms with Crippen LogP contribution in [0.5, 0.6) is 0 Å². The van der Waals surface area contributed by atoms with Gasteiger partial charge < -0.3 is 10.2 Å².